The highest BCUT2D eigenvalue weighted by molar-refractivity contribution is 6.31. The first kappa shape index (κ1) is 24.3. The molecule has 2 aliphatic rings. The predicted octanol–water partition coefficient (Wildman–Crippen LogP) is 5.14. The van der Waals surface area contributed by atoms with Gasteiger partial charge in [-0.1, -0.05) is 30.3 Å². The number of carbonyl (C=O) groups is 1. The molecule has 0 unspecified atom stereocenters. The van der Waals surface area contributed by atoms with E-state index in [1.807, 2.05) is 18.2 Å². The van der Waals surface area contributed by atoms with Crippen LogP contribution in [0, 0.1) is 6.92 Å². The molecule has 1 saturated heterocycles. The van der Waals surface area contributed by atoms with Crippen LogP contribution in [0.15, 0.2) is 61.3 Å². The lowest BCUT2D eigenvalue weighted by Crippen LogP contribution is -2.44. The van der Waals surface area contributed by atoms with Crippen LogP contribution in [0.5, 0.6) is 0 Å². The molecule has 0 spiro atoms. The Morgan fingerprint density at radius 1 is 1.14 bits per heavy atom. The van der Waals surface area contributed by atoms with Crippen LogP contribution >= 0.6 is 11.6 Å². The minimum absolute atomic E-state index is 0.238. The highest BCUT2D eigenvalue weighted by atomic mass is 35.5. The quantitative estimate of drug-likeness (QED) is 0.436. The molecule has 1 aliphatic carbocycles. The smallest absolute Gasteiger partial charge is 0.247 e. The zero-order valence-corrected chi connectivity index (χ0v) is 21.5. The normalized spacial score (nSPS) is 16.9. The van der Waals surface area contributed by atoms with E-state index >= 15 is 0 Å². The molecule has 1 amide bonds. The number of nitrogens with zero attached hydrogens (tertiary/aromatic N) is 4. The van der Waals surface area contributed by atoms with Gasteiger partial charge in [-0.2, -0.15) is 0 Å². The van der Waals surface area contributed by atoms with E-state index in [0.717, 1.165) is 67.2 Å². The number of piperazine rings is 1. The summed E-state index contributed by atoms with van der Waals surface area (Å²) in [6.45, 7) is 9.84. The molecule has 1 aromatic heterocycles. The van der Waals surface area contributed by atoms with Gasteiger partial charge in [0.1, 0.15) is 0 Å². The first-order chi connectivity index (χ1) is 17.4. The van der Waals surface area contributed by atoms with Crippen molar-refractivity contribution >= 4 is 40.5 Å². The molecule has 1 aliphatic heterocycles. The van der Waals surface area contributed by atoms with E-state index in [0.29, 0.717) is 11.0 Å². The Kier molecular flexibility index (Phi) is 6.69. The second-order valence-corrected chi connectivity index (χ2v) is 10.1. The van der Waals surface area contributed by atoms with Gasteiger partial charge in [0.25, 0.3) is 0 Å². The Labute approximate surface area is 217 Å². The van der Waals surface area contributed by atoms with E-state index in [2.05, 4.69) is 70.2 Å². The van der Waals surface area contributed by atoms with Gasteiger partial charge in [0.05, 0.1) is 16.9 Å². The summed E-state index contributed by atoms with van der Waals surface area (Å²) in [6, 6.07) is 14.3. The summed E-state index contributed by atoms with van der Waals surface area (Å²) in [5, 5.41) is 6.78. The van der Waals surface area contributed by atoms with Crippen molar-refractivity contribution in [2.24, 2.45) is 0 Å². The standard InChI is InChI=1S/C28H31ClN6O/c1-4-25(36)31-21-7-5-6-20(17-21)28(10-11-28)26-23(29)18-30-27(33-26)32-24-9-8-22(16-19(24)2)35-14-12-34(3)13-15-35/h4-9,16-18H,1,10-15H2,2-3H3,(H,31,36)(H,30,32,33). The van der Waals surface area contributed by atoms with E-state index in [-0.39, 0.29) is 11.3 Å². The SMILES string of the molecule is C=CC(=O)Nc1cccc(C2(c3nc(Nc4ccc(N5CCN(C)CC5)cc4C)ncc3Cl)CC2)c1. The maximum Gasteiger partial charge on any atom is 0.247 e. The van der Waals surface area contributed by atoms with Gasteiger partial charge in [-0.15, -0.1) is 0 Å². The van der Waals surface area contributed by atoms with Gasteiger partial charge in [0.15, 0.2) is 0 Å². The van der Waals surface area contributed by atoms with Crippen LogP contribution in [-0.2, 0) is 10.2 Å². The molecule has 0 atom stereocenters. The Hall–Kier alpha value is -3.42. The lowest BCUT2D eigenvalue weighted by Gasteiger charge is -2.34. The summed E-state index contributed by atoms with van der Waals surface area (Å²) in [4.78, 5) is 25.9. The average Bonchev–Trinajstić information content (AvgIpc) is 3.69. The number of anilines is 4. The summed E-state index contributed by atoms with van der Waals surface area (Å²) in [5.74, 6) is 0.282. The number of aromatic nitrogens is 2. The Balaban J connectivity index is 1.38. The second kappa shape index (κ2) is 9.91. The van der Waals surface area contributed by atoms with E-state index in [1.165, 1.54) is 11.8 Å². The number of carbonyl (C=O) groups excluding carboxylic acids is 1. The highest BCUT2D eigenvalue weighted by Gasteiger charge is 2.49. The van der Waals surface area contributed by atoms with E-state index in [1.54, 1.807) is 6.20 Å². The molecule has 0 radical (unpaired) electrons. The van der Waals surface area contributed by atoms with Gasteiger partial charge in [-0.25, -0.2) is 9.97 Å². The monoisotopic (exact) mass is 502 g/mol. The van der Waals surface area contributed by atoms with Crippen molar-refractivity contribution in [1.29, 1.82) is 0 Å². The molecule has 2 aromatic carbocycles. The third kappa shape index (κ3) is 4.94. The van der Waals surface area contributed by atoms with Crippen molar-refractivity contribution in [3.8, 4) is 0 Å². The van der Waals surface area contributed by atoms with Crippen LogP contribution < -0.4 is 15.5 Å². The summed E-state index contributed by atoms with van der Waals surface area (Å²) >= 11 is 6.62. The number of halogens is 1. The number of aryl methyl sites for hydroxylation is 1. The lowest BCUT2D eigenvalue weighted by molar-refractivity contribution is -0.111. The largest absolute Gasteiger partial charge is 0.369 e. The zero-order chi connectivity index (χ0) is 25.3. The molecular weight excluding hydrogens is 472 g/mol. The van der Waals surface area contributed by atoms with Crippen molar-refractivity contribution in [1.82, 2.24) is 14.9 Å². The van der Waals surface area contributed by atoms with E-state index < -0.39 is 0 Å². The molecule has 2 N–H and O–H groups in total. The van der Waals surface area contributed by atoms with Gasteiger partial charge < -0.3 is 20.4 Å². The minimum Gasteiger partial charge on any atom is -0.369 e. The van der Waals surface area contributed by atoms with E-state index in [4.69, 9.17) is 16.6 Å². The van der Waals surface area contributed by atoms with Crippen molar-refractivity contribution < 1.29 is 4.79 Å². The Morgan fingerprint density at radius 2 is 1.92 bits per heavy atom. The number of benzene rings is 2. The van der Waals surface area contributed by atoms with Gasteiger partial charge in [-0.05, 0) is 74.3 Å². The summed E-state index contributed by atoms with van der Waals surface area (Å²) in [5.41, 5.74) is 5.67. The lowest BCUT2D eigenvalue weighted by atomic mass is 9.91. The van der Waals surface area contributed by atoms with Gasteiger partial charge in [0.2, 0.25) is 11.9 Å². The number of rotatable bonds is 7. The number of amides is 1. The molecule has 0 bridgehead atoms. The van der Waals surface area contributed by atoms with Crippen molar-refractivity contribution in [2.45, 2.75) is 25.2 Å². The van der Waals surface area contributed by atoms with E-state index in [9.17, 15) is 4.79 Å². The molecular formula is C28H31ClN6O. The minimum atomic E-state index is -0.286. The Bertz CT molecular complexity index is 1300. The highest BCUT2D eigenvalue weighted by Crippen LogP contribution is 2.55. The molecule has 186 valence electrons. The van der Waals surface area contributed by atoms with Crippen LogP contribution in [0.3, 0.4) is 0 Å². The second-order valence-electron chi connectivity index (χ2n) is 9.66. The molecule has 3 aromatic rings. The molecule has 36 heavy (non-hydrogen) atoms. The van der Waals surface area contributed by atoms with Crippen molar-refractivity contribution in [3.05, 3.63) is 83.2 Å². The molecule has 2 fully saturated rings. The first-order valence-electron chi connectivity index (χ1n) is 12.3. The Morgan fingerprint density at radius 3 is 2.61 bits per heavy atom. The van der Waals surface area contributed by atoms with Crippen LogP contribution in [-0.4, -0.2) is 54.0 Å². The zero-order valence-electron chi connectivity index (χ0n) is 20.7. The third-order valence-electron chi connectivity index (χ3n) is 7.14. The summed E-state index contributed by atoms with van der Waals surface area (Å²) in [7, 11) is 2.17. The molecule has 8 heteroatoms. The van der Waals surface area contributed by atoms with Crippen LogP contribution in [0.2, 0.25) is 5.02 Å². The first-order valence-corrected chi connectivity index (χ1v) is 12.6. The topological polar surface area (TPSA) is 73.4 Å². The maximum atomic E-state index is 11.8. The molecule has 5 rings (SSSR count). The average molecular weight is 503 g/mol. The fourth-order valence-corrected chi connectivity index (χ4v) is 5.08. The fourth-order valence-electron chi connectivity index (χ4n) is 4.81. The summed E-state index contributed by atoms with van der Waals surface area (Å²) in [6.07, 6.45) is 4.80. The number of hydrogen-bond acceptors (Lipinski definition) is 6. The van der Waals surface area contributed by atoms with Gasteiger partial charge in [0, 0.05) is 48.7 Å². The molecule has 1 saturated carbocycles. The maximum absolute atomic E-state index is 11.8. The van der Waals surface area contributed by atoms with Crippen LogP contribution in [0.1, 0.15) is 29.7 Å². The van der Waals surface area contributed by atoms with Crippen molar-refractivity contribution in [3.63, 3.8) is 0 Å². The predicted molar refractivity (Wildman–Crippen MR) is 146 cm³/mol. The number of nitrogens with one attached hydrogen (secondary N) is 2. The number of hydrogen-bond donors (Lipinski definition) is 2. The fraction of sp³-hybridized carbons (Fsp3) is 0.321. The van der Waals surface area contributed by atoms with Crippen LogP contribution in [0.4, 0.5) is 23.0 Å². The van der Waals surface area contributed by atoms with Gasteiger partial charge in [-0.3, -0.25) is 4.79 Å². The molecule has 7 nitrogen and oxygen atoms in total. The van der Waals surface area contributed by atoms with Crippen LogP contribution in [0.25, 0.3) is 0 Å². The van der Waals surface area contributed by atoms with Gasteiger partial charge >= 0.3 is 0 Å². The molecule has 2 heterocycles. The number of likely N-dealkylation sites (N-methyl/N-ethyl adjacent to an activating group) is 1. The van der Waals surface area contributed by atoms with Crippen molar-refractivity contribution in [2.75, 3.05) is 48.8 Å². The summed E-state index contributed by atoms with van der Waals surface area (Å²) < 4.78 is 0. The third-order valence-corrected chi connectivity index (χ3v) is 7.42.